The van der Waals surface area contributed by atoms with E-state index in [0.29, 0.717) is 12.8 Å². The van der Waals surface area contributed by atoms with Crippen LogP contribution < -0.4 is 4.74 Å². The molecule has 2 aromatic rings. The van der Waals surface area contributed by atoms with Crippen LogP contribution in [0.1, 0.15) is 35.6 Å². The Balaban J connectivity index is 1.62. The number of halogens is 1. The van der Waals surface area contributed by atoms with E-state index in [1.807, 2.05) is 30.3 Å². The van der Waals surface area contributed by atoms with Crippen LogP contribution >= 0.6 is 0 Å². The summed E-state index contributed by atoms with van der Waals surface area (Å²) in [6.07, 6.45) is 2.71. The first-order chi connectivity index (χ1) is 11.2. The van der Waals surface area contributed by atoms with E-state index in [-0.39, 0.29) is 17.9 Å². The monoisotopic (exact) mass is 314 g/mol. The van der Waals surface area contributed by atoms with Gasteiger partial charge in [-0.3, -0.25) is 4.79 Å². The molecule has 4 heteroatoms. The van der Waals surface area contributed by atoms with Gasteiger partial charge in [0.05, 0.1) is 7.11 Å². The van der Waals surface area contributed by atoms with E-state index in [1.165, 1.54) is 13.2 Å². The lowest BCUT2D eigenvalue weighted by molar-refractivity contribution is -0.140. The molecule has 0 aromatic heterocycles. The third kappa shape index (κ3) is 3.70. The molecule has 1 aliphatic carbocycles. The lowest BCUT2D eigenvalue weighted by Crippen LogP contribution is -2.04. The van der Waals surface area contributed by atoms with E-state index >= 15 is 0 Å². The molecule has 0 radical (unpaired) electrons. The Morgan fingerprint density at radius 2 is 2.00 bits per heavy atom. The van der Waals surface area contributed by atoms with Gasteiger partial charge in [-0.1, -0.05) is 18.2 Å². The maximum absolute atomic E-state index is 13.2. The molecule has 1 unspecified atom stereocenters. The first-order valence-electron chi connectivity index (χ1n) is 7.76. The van der Waals surface area contributed by atoms with E-state index in [9.17, 15) is 9.18 Å². The third-order valence-electron chi connectivity index (χ3n) is 4.17. The van der Waals surface area contributed by atoms with Crippen LogP contribution in [0.25, 0.3) is 0 Å². The predicted molar refractivity (Wildman–Crippen MR) is 84.9 cm³/mol. The summed E-state index contributed by atoms with van der Waals surface area (Å²) in [5.74, 6) is 0.383. The molecule has 0 heterocycles. The Bertz CT molecular complexity index is 694. The predicted octanol–water partition coefficient (Wildman–Crippen LogP) is 4.00. The van der Waals surface area contributed by atoms with Crippen molar-refractivity contribution >= 4 is 5.97 Å². The largest absolute Gasteiger partial charge is 0.486 e. The van der Waals surface area contributed by atoms with E-state index in [2.05, 4.69) is 4.74 Å². The molecule has 0 saturated carbocycles. The number of hydrogen-bond donors (Lipinski definition) is 0. The molecular formula is C19H19FO3. The van der Waals surface area contributed by atoms with Crippen molar-refractivity contribution in [1.29, 1.82) is 0 Å². The minimum absolute atomic E-state index is 0.0217. The van der Waals surface area contributed by atoms with Crippen LogP contribution in [-0.4, -0.2) is 13.1 Å². The number of methoxy groups -OCH3 is 1. The third-order valence-corrected chi connectivity index (χ3v) is 4.17. The van der Waals surface area contributed by atoms with Gasteiger partial charge in [0, 0.05) is 6.42 Å². The van der Waals surface area contributed by atoms with Crippen LogP contribution in [0.4, 0.5) is 4.39 Å². The van der Waals surface area contributed by atoms with Gasteiger partial charge in [-0.15, -0.1) is 0 Å². The van der Waals surface area contributed by atoms with Crippen molar-refractivity contribution < 1.29 is 18.7 Å². The number of esters is 1. The Labute approximate surface area is 135 Å². The number of aryl methyl sites for hydroxylation is 2. The smallest absolute Gasteiger partial charge is 0.305 e. The fraction of sp³-hybridized carbons (Fsp3) is 0.316. The number of fused-ring (bicyclic) bond motifs is 1. The van der Waals surface area contributed by atoms with Gasteiger partial charge in [0.25, 0.3) is 0 Å². The summed E-state index contributed by atoms with van der Waals surface area (Å²) in [5, 5.41) is 0. The van der Waals surface area contributed by atoms with Crippen molar-refractivity contribution in [1.82, 2.24) is 0 Å². The molecular weight excluding hydrogens is 295 g/mol. The molecule has 120 valence electrons. The van der Waals surface area contributed by atoms with Crippen LogP contribution in [0, 0.1) is 5.82 Å². The van der Waals surface area contributed by atoms with Crippen LogP contribution in [0.3, 0.4) is 0 Å². The Morgan fingerprint density at radius 1 is 1.22 bits per heavy atom. The number of carbonyl (C=O) groups is 1. The van der Waals surface area contributed by atoms with Crippen molar-refractivity contribution in [3.05, 3.63) is 65.0 Å². The highest BCUT2D eigenvalue weighted by Crippen LogP contribution is 2.35. The minimum Gasteiger partial charge on any atom is -0.486 e. The van der Waals surface area contributed by atoms with Crippen molar-refractivity contribution in [3.8, 4) is 5.75 Å². The topological polar surface area (TPSA) is 35.5 Å². The normalized spacial score (nSPS) is 16.0. The Hall–Kier alpha value is -2.36. The van der Waals surface area contributed by atoms with Gasteiger partial charge in [-0.2, -0.15) is 0 Å². The number of hydrogen-bond acceptors (Lipinski definition) is 3. The standard InChI is InChI=1S/C19H19FO3/c1-22-19(21)11-4-13-2-7-16(8-3-13)23-18-10-5-14-12-15(20)6-9-17(14)18/h2-3,6-9,12,18H,4-5,10-11H2,1H3. The van der Waals surface area contributed by atoms with E-state index in [1.54, 1.807) is 6.07 Å². The highest BCUT2D eigenvalue weighted by Gasteiger charge is 2.24. The highest BCUT2D eigenvalue weighted by molar-refractivity contribution is 5.69. The molecule has 1 aliphatic rings. The summed E-state index contributed by atoms with van der Waals surface area (Å²) in [6.45, 7) is 0. The molecule has 1 atom stereocenters. The number of ether oxygens (including phenoxy) is 2. The molecule has 0 fully saturated rings. The Morgan fingerprint density at radius 3 is 2.74 bits per heavy atom. The van der Waals surface area contributed by atoms with E-state index in [0.717, 1.165) is 35.3 Å². The van der Waals surface area contributed by atoms with Crippen LogP contribution in [0.15, 0.2) is 42.5 Å². The number of rotatable bonds is 5. The zero-order chi connectivity index (χ0) is 16.2. The Kier molecular flexibility index (Phi) is 4.60. The summed E-state index contributed by atoms with van der Waals surface area (Å²) in [7, 11) is 1.39. The molecule has 0 spiro atoms. The fourth-order valence-corrected chi connectivity index (χ4v) is 2.92. The average molecular weight is 314 g/mol. The molecule has 0 N–H and O–H groups in total. The average Bonchev–Trinajstić information content (AvgIpc) is 2.95. The summed E-state index contributed by atoms with van der Waals surface area (Å²) in [4.78, 5) is 11.1. The zero-order valence-electron chi connectivity index (χ0n) is 13.0. The number of benzene rings is 2. The molecule has 3 nitrogen and oxygen atoms in total. The first kappa shape index (κ1) is 15.5. The lowest BCUT2D eigenvalue weighted by Gasteiger charge is -2.15. The van der Waals surface area contributed by atoms with Crippen molar-refractivity contribution in [2.45, 2.75) is 31.8 Å². The SMILES string of the molecule is COC(=O)CCc1ccc(OC2CCc3cc(F)ccc32)cc1. The summed E-state index contributed by atoms with van der Waals surface area (Å²) in [6, 6.07) is 12.6. The van der Waals surface area contributed by atoms with Crippen molar-refractivity contribution in [2.75, 3.05) is 7.11 Å². The van der Waals surface area contributed by atoms with Crippen LogP contribution in [0.2, 0.25) is 0 Å². The lowest BCUT2D eigenvalue weighted by atomic mass is 10.1. The molecule has 0 bridgehead atoms. The van der Waals surface area contributed by atoms with Gasteiger partial charge in [-0.25, -0.2) is 4.39 Å². The zero-order valence-corrected chi connectivity index (χ0v) is 13.0. The molecule has 2 aromatic carbocycles. The highest BCUT2D eigenvalue weighted by atomic mass is 19.1. The second kappa shape index (κ2) is 6.82. The summed E-state index contributed by atoms with van der Waals surface area (Å²) >= 11 is 0. The summed E-state index contributed by atoms with van der Waals surface area (Å²) in [5.41, 5.74) is 3.17. The van der Waals surface area contributed by atoms with Crippen LogP contribution in [-0.2, 0) is 22.4 Å². The maximum Gasteiger partial charge on any atom is 0.305 e. The van der Waals surface area contributed by atoms with Gasteiger partial charge in [0.15, 0.2) is 0 Å². The van der Waals surface area contributed by atoms with Crippen LogP contribution in [0.5, 0.6) is 5.75 Å². The number of carbonyl (C=O) groups excluding carboxylic acids is 1. The molecule has 3 rings (SSSR count). The second-order valence-electron chi connectivity index (χ2n) is 5.71. The molecule has 0 amide bonds. The fourth-order valence-electron chi connectivity index (χ4n) is 2.92. The van der Waals surface area contributed by atoms with Gasteiger partial charge >= 0.3 is 5.97 Å². The van der Waals surface area contributed by atoms with Crippen molar-refractivity contribution in [3.63, 3.8) is 0 Å². The minimum atomic E-state index is -0.208. The van der Waals surface area contributed by atoms with E-state index < -0.39 is 0 Å². The van der Waals surface area contributed by atoms with Crippen molar-refractivity contribution in [2.24, 2.45) is 0 Å². The summed E-state index contributed by atoms with van der Waals surface area (Å²) < 4.78 is 23.9. The quantitative estimate of drug-likeness (QED) is 0.783. The molecule has 0 aliphatic heterocycles. The molecule has 0 saturated heterocycles. The second-order valence-corrected chi connectivity index (χ2v) is 5.71. The van der Waals surface area contributed by atoms with Gasteiger partial charge in [0.2, 0.25) is 0 Å². The van der Waals surface area contributed by atoms with Gasteiger partial charge in [0.1, 0.15) is 17.7 Å². The maximum atomic E-state index is 13.2. The first-order valence-corrected chi connectivity index (χ1v) is 7.76. The van der Waals surface area contributed by atoms with Gasteiger partial charge in [-0.05, 0) is 60.2 Å². The van der Waals surface area contributed by atoms with Gasteiger partial charge < -0.3 is 9.47 Å². The molecule has 23 heavy (non-hydrogen) atoms. The van der Waals surface area contributed by atoms with E-state index in [4.69, 9.17) is 4.74 Å².